The van der Waals surface area contributed by atoms with Crippen molar-refractivity contribution in [1.29, 1.82) is 0 Å². The highest BCUT2D eigenvalue weighted by atomic mass is 16.5. The van der Waals surface area contributed by atoms with Crippen molar-refractivity contribution in [2.24, 2.45) is 0 Å². The minimum Gasteiger partial charge on any atom is -0.474 e. The van der Waals surface area contributed by atoms with Gasteiger partial charge in [0.15, 0.2) is 11.5 Å². The molecule has 1 saturated heterocycles. The molecule has 0 bridgehead atoms. The van der Waals surface area contributed by atoms with Gasteiger partial charge < -0.3 is 15.4 Å². The SMILES string of the molecule is C=CCn1c(=O)c2cnc(Nc3cccc(-n4cccn4)c3)nc2n1-c1cccc(OC2CCNCC2)n1. The topological polar surface area (TPSA) is 117 Å². The number of pyridine rings is 1. The number of hydrogen-bond acceptors (Lipinski definition) is 8. The number of fused-ring (bicyclic) bond motifs is 1. The highest BCUT2D eigenvalue weighted by Crippen LogP contribution is 2.22. The van der Waals surface area contributed by atoms with Crippen molar-refractivity contribution in [1.82, 2.24) is 39.4 Å². The molecule has 5 heterocycles. The molecule has 1 fully saturated rings. The number of aromatic nitrogens is 7. The van der Waals surface area contributed by atoms with Crippen LogP contribution in [0.1, 0.15) is 12.8 Å². The lowest BCUT2D eigenvalue weighted by Crippen LogP contribution is -2.34. The summed E-state index contributed by atoms with van der Waals surface area (Å²) in [5.74, 6) is 1.38. The van der Waals surface area contributed by atoms with E-state index in [1.807, 2.05) is 54.7 Å². The molecule has 5 aromatic rings. The van der Waals surface area contributed by atoms with Crippen molar-refractivity contribution in [3.63, 3.8) is 0 Å². The van der Waals surface area contributed by atoms with Crippen LogP contribution >= 0.6 is 0 Å². The average Bonchev–Trinajstić information content (AvgIpc) is 3.57. The lowest BCUT2D eigenvalue weighted by Gasteiger charge is -2.23. The van der Waals surface area contributed by atoms with Gasteiger partial charge in [-0.25, -0.2) is 19.0 Å². The van der Waals surface area contributed by atoms with Crippen LogP contribution in [-0.2, 0) is 6.54 Å². The van der Waals surface area contributed by atoms with Gasteiger partial charge in [0.05, 0.1) is 12.2 Å². The van der Waals surface area contributed by atoms with Gasteiger partial charge in [-0.05, 0) is 56.3 Å². The molecule has 2 N–H and O–H groups in total. The van der Waals surface area contributed by atoms with Crippen LogP contribution in [0.5, 0.6) is 5.88 Å². The molecule has 0 aliphatic carbocycles. The van der Waals surface area contributed by atoms with Crippen molar-refractivity contribution >= 4 is 22.7 Å². The second kappa shape index (κ2) is 10.3. The molecule has 11 heteroatoms. The van der Waals surface area contributed by atoms with Crippen LogP contribution < -0.4 is 20.9 Å². The van der Waals surface area contributed by atoms with Crippen molar-refractivity contribution < 1.29 is 4.74 Å². The summed E-state index contributed by atoms with van der Waals surface area (Å²) in [5, 5.41) is 11.2. The Kier molecular flexibility index (Phi) is 6.40. The number of rotatable bonds is 8. The summed E-state index contributed by atoms with van der Waals surface area (Å²) in [6.45, 7) is 5.94. The quantitative estimate of drug-likeness (QED) is 0.306. The summed E-state index contributed by atoms with van der Waals surface area (Å²) in [4.78, 5) is 27.1. The largest absolute Gasteiger partial charge is 0.474 e. The zero-order valence-corrected chi connectivity index (χ0v) is 20.7. The molecule has 38 heavy (non-hydrogen) atoms. The number of ether oxygens (including phenoxy) is 1. The van der Waals surface area contributed by atoms with Gasteiger partial charge in [0.2, 0.25) is 11.8 Å². The van der Waals surface area contributed by atoms with Crippen LogP contribution in [0.15, 0.2) is 84.6 Å². The molecule has 0 amide bonds. The minimum absolute atomic E-state index is 0.103. The van der Waals surface area contributed by atoms with Gasteiger partial charge in [0, 0.05) is 30.3 Å². The summed E-state index contributed by atoms with van der Waals surface area (Å²) in [6, 6.07) is 15.1. The molecule has 11 nitrogen and oxygen atoms in total. The molecule has 0 radical (unpaired) electrons. The Labute approximate surface area is 218 Å². The number of allylic oxidation sites excluding steroid dienone is 1. The first-order chi connectivity index (χ1) is 18.7. The number of piperidine rings is 1. The molecule has 1 aliphatic rings. The van der Waals surface area contributed by atoms with Gasteiger partial charge in [-0.15, -0.1) is 6.58 Å². The summed E-state index contributed by atoms with van der Waals surface area (Å²) >= 11 is 0. The Morgan fingerprint density at radius 3 is 2.82 bits per heavy atom. The van der Waals surface area contributed by atoms with Crippen LogP contribution in [0.3, 0.4) is 0 Å². The maximum absolute atomic E-state index is 13.3. The lowest BCUT2D eigenvalue weighted by atomic mass is 10.1. The molecule has 192 valence electrons. The summed E-state index contributed by atoms with van der Waals surface area (Å²) in [6.07, 6.45) is 8.75. The maximum Gasteiger partial charge on any atom is 0.278 e. The predicted octanol–water partition coefficient (Wildman–Crippen LogP) is 3.22. The Bertz CT molecular complexity index is 1630. The van der Waals surface area contributed by atoms with Crippen LogP contribution in [0.2, 0.25) is 0 Å². The third-order valence-corrected chi connectivity index (χ3v) is 6.35. The van der Waals surface area contributed by atoms with Crippen molar-refractivity contribution in [2.45, 2.75) is 25.5 Å². The number of hydrogen-bond donors (Lipinski definition) is 2. The van der Waals surface area contributed by atoms with E-state index >= 15 is 0 Å². The first-order valence-electron chi connectivity index (χ1n) is 12.5. The molecule has 4 aromatic heterocycles. The van der Waals surface area contributed by atoms with Gasteiger partial charge in [-0.2, -0.15) is 15.1 Å². The number of benzene rings is 1. The van der Waals surface area contributed by atoms with E-state index < -0.39 is 0 Å². The number of nitrogens with one attached hydrogen (secondary N) is 2. The van der Waals surface area contributed by atoms with E-state index in [9.17, 15) is 4.79 Å². The van der Waals surface area contributed by atoms with E-state index in [1.165, 1.54) is 6.20 Å². The third-order valence-electron chi connectivity index (χ3n) is 6.35. The minimum atomic E-state index is -0.224. The van der Waals surface area contributed by atoms with Crippen molar-refractivity contribution in [3.05, 3.63) is 90.1 Å². The Morgan fingerprint density at radius 1 is 1.13 bits per heavy atom. The summed E-state index contributed by atoms with van der Waals surface area (Å²) in [7, 11) is 0. The zero-order valence-electron chi connectivity index (χ0n) is 20.7. The van der Waals surface area contributed by atoms with Crippen LogP contribution in [0.25, 0.3) is 22.5 Å². The zero-order chi connectivity index (χ0) is 25.9. The highest BCUT2D eigenvalue weighted by molar-refractivity contribution is 5.77. The molecule has 0 atom stereocenters. The summed E-state index contributed by atoms with van der Waals surface area (Å²) in [5.41, 5.74) is 1.89. The Morgan fingerprint density at radius 2 is 2.00 bits per heavy atom. The number of nitrogens with zero attached hydrogens (tertiary/aromatic N) is 7. The molecule has 1 aliphatic heterocycles. The highest BCUT2D eigenvalue weighted by Gasteiger charge is 2.20. The molecule has 0 saturated carbocycles. The second-order valence-electron chi connectivity index (χ2n) is 8.95. The monoisotopic (exact) mass is 509 g/mol. The molecule has 0 spiro atoms. The smallest absolute Gasteiger partial charge is 0.278 e. The van der Waals surface area contributed by atoms with E-state index in [2.05, 4.69) is 27.3 Å². The fraction of sp³-hybridized carbons (Fsp3) is 0.222. The standard InChI is InChI=1S/C27H27N9O2/c1-2-15-35-26(37)22-18-29-27(31-19-6-3-7-20(17-19)34-16-5-12-30-34)33-25(22)36(35)23-8-4-9-24(32-23)38-21-10-13-28-14-11-21/h2-9,12,16-18,21,28H,1,10-11,13-15H2,(H,29,31,33). The maximum atomic E-state index is 13.3. The molecular formula is C27H27N9O2. The van der Waals surface area contributed by atoms with Gasteiger partial charge in [0.25, 0.3) is 5.56 Å². The Hall–Kier alpha value is -4.77. The molecule has 0 unspecified atom stereocenters. The van der Waals surface area contributed by atoms with Crippen LogP contribution in [0.4, 0.5) is 11.6 Å². The summed E-state index contributed by atoms with van der Waals surface area (Å²) < 4.78 is 11.2. The van der Waals surface area contributed by atoms with Gasteiger partial charge >= 0.3 is 0 Å². The van der Waals surface area contributed by atoms with Crippen molar-refractivity contribution in [2.75, 3.05) is 18.4 Å². The van der Waals surface area contributed by atoms with E-state index in [0.29, 0.717) is 28.7 Å². The van der Waals surface area contributed by atoms with Crippen molar-refractivity contribution in [3.8, 4) is 17.4 Å². The third kappa shape index (κ3) is 4.66. The van der Waals surface area contributed by atoms with Gasteiger partial charge in [0.1, 0.15) is 11.5 Å². The fourth-order valence-corrected chi connectivity index (χ4v) is 4.56. The van der Waals surface area contributed by atoms with Crippen LogP contribution in [-0.4, -0.2) is 53.3 Å². The van der Waals surface area contributed by atoms with E-state index in [1.54, 1.807) is 26.3 Å². The Balaban J connectivity index is 1.38. The second-order valence-corrected chi connectivity index (χ2v) is 8.95. The van der Waals surface area contributed by atoms with E-state index in [0.717, 1.165) is 37.3 Å². The molecule has 1 aromatic carbocycles. The first kappa shape index (κ1) is 23.6. The number of anilines is 2. The van der Waals surface area contributed by atoms with E-state index in [-0.39, 0.29) is 18.2 Å². The fourth-order valence-electron chi connectivity index (χ4n) is 4.56. The van der Waals surface area contributed by atoms with Gasteiger partial charge in [-0.3, -0.25) is 4.79 Å². The lowest BCUT2D eigenvalue weighted by molar-refractivity contribution is 0.156. The predicted molar refractivity (Wildman–Crippen MR) is 144 cm³/mol. The van der Waals surface area contributed by atoms with E-state index in [4.69, 9.17) is 14.7 Å². The normalized spacial score (nSPS) is 14.0. The average molecular weight is 510 g/mol. The van der Waals surface area contributed by atoms with Crippen LogP contribution in [0, 0.1) is 0 Å². The molecule has 6 rings (SSSR count). The van der Waals surface area contributed by atoms with Gasteiger partial charge in [-0.1, -0.05) is 18.2 Å². The first-order valence-corrected chi connectivity index (χ1v) is 12.5. The molecular weight excluding hydrogens is 482 g/mol.